The molecule has 0 amide bonds. The lowest BCUT2D eigenvalue weighted by Gasteiger charge is -2.19. The Morgan fingerprint density at radius 3 is 2.59 bits per heavy atom. The van der Waals surface area contributed by atoms with Crippen molar-refractivity contribution >= 4 is 11.6 Å². The summed E-state index contributed by atoms with van der Waals surface area (Å²) in [5, 5.41) is 3.60. The summed E-state index contributed by atoms with van der Waals surface area (Å²) in [6.07, 6.45) is 2.30. The molecule has 1 N–H and O–H groups in total. The Bertz CT molecular complexity index is 324. The Morgan fingerprint density at radius 1 is 1.29 bits per heavy atom. The van der Waals surface area contributed by atoms with Gasteiger partial charge in [0, 0.05) is 24.2 Å². The zero-order chi connectivity index (χ0) is 12.7. The lowest BCUT2D eigenvalue weighted by molar-refractivity contribution is 0.445. The van der Waals surface area contributed by atoms with Gasteiger partial charge in [-0.2, -0.15) is 0 Å². The number of aromatic nitrogens is 1. The first-order chi connectivity index (χ1) is 8.17. The second kappa shape index (κ2) is 7.67. The van der Waals surface area contributed by atoms with Gasteiger partial charge in [0.15, 0.2) is 0 Å². The van der Waals surface area contributed by atoms with Gasteiger partial charge in [-0.05, 0) is 25.0 Å². The van der Waals surface area contributed by atoms with Crippen LogP contribution in [0, 0.1) is 12.8 Å². The van der Waals surface area contributed by atoms with Crippen LogP contribution in [0.5, 0.6) is 0 Å². The minimum Gasteiger partial charge on any atom is -0.310 e. The third-order valence-corrected chi connectivity index (χ3v) is 3.66. The molecule has 96 valence electrons. The van der Waals surface area contributed by atoms with Gasteiger partial charge in [0.25, 0.3) is 0 Å². The molecule has 0 radical (unpaired) electrons. The third kappa shape index (κ3) is 5.05. The highest BCUT2D eigenvalue weighted by atomic mass is 35.5. The van der Waals surface area contributed by atoms with Crippen LogP contribution in [0.1, 0.15) is 38.1 Å². The van der Waals surface area contributed by atoms with Crippen LogP contribution in [-0.4, -0.2) is 16.9 Å². The molecule has 0 aliphatic rings. The van der Waals surface area contributed by atoms with Crippen molar-refractivity contribution in [2.45, 2.75) is 45.5 Å². The first-order valence-corrected chi connectivity index (χ1v) is 6.88. The molecule has 2 nitrogen and oxygen atoms in total. The summed E-state index contributed by atoms with van der Waals surface area (Å²) in [4.78, 5) is 4.45. The second-order valence-corrected chi connectivity index (χ2v) is 5.05. The topological polar surface area (TPSA) is 24.9 Å². The van der Waals surface area contributed by atoms with Gasteiger partial charge >= 0.3 is 0 Å². The smallest absolute Gasteiger partial charge is 0.0544 e. The summed E-state index contributed by atoms with van der Waals surface area (Å²) >= 11 is 6.36. The van der Waals surface area contributed by atoms with Gasteiger partial charge < -0.3 is 5.32 Å². The summed E-state index contributed by atoms with van der Waals surface area (Å²) in [6.45, 7) is 8.06. The molecule has 0 fully saturated rings. The molecule has 0 aliphatic heterocycles. The zero-order valence-corrected chi connectivity index (χ0v) is 11.8. The van der Waals surface area contributed by atoms with Crippen LogP contribution < -0.4 is 5.32 Å². The van der Waals surface area contributed by atoms with E-state index in [1.165, 1.54) is 0 Å². The van der Waals surface area contributed by atoms with Crippen LogP contribution in [0.3, 0.4) is 0 Å². The summed E-state index contributed by atoms with van der Waals surface area (Å²) in [5.74, 6) is 0.606. The standard InChI is InChI=1S/C14H23ClN2/c1-4-12(5-2)14(15)10-16-9-13-8-6-7-11(3)17-13/h6-8,12,14,16H,4-5,9-10H2,1-3H3. The van der Waals surface area contributed by atoms with Crippen LogP contribution in [0.25, 0.3) is 0 Å². The van der Waals surface area contributed by atoms with Crippen molar-refractivity contribution in [1.82, 2.24) is 10.3 Å². The van der Waals surface area contributed by atoms with Crippen molar-refractivity contribution < 1.29 is 0 Å². The summed E-state index contributed by atoms with van der Waals surface area (Å²) in [6, 6.07) is 6.09. The Labute approximate surface area is 110 Å². The van der Waals surface area contributed by atoms with E-state index in [2.05, 4.69) is 24.1 Å². The van der Waals surface area contributed by atoms with Crippen LogP contribution in [0.4, 0.5) is 0 Å². The van der Waals surface area contributed by atoms with Crippen molar-refractivity contribution in [3.63, 3.8) is 0 Å². The zero-order valence-electron chi connectivity index (χ0n) is 11.0. The summed E-state index contributed by atoms with van der Waals surface area (Å²) < 4.78 is 0. The molecule has 1 heterocycles. The van der Waals surface area contributed by atoms with Gasteiger partial charge in [0.05, 0.1) is 5.69 Å². The monoisotopic (exact) mass is 254 g/mol. The Balaban J connectivity index is 2.32. The SMILES string of the molecule is CCC(CC)C(Cl)CNCc1cccc(C)n1. The van der Waals surface area contributed by atoms with Gasteiger partial charge in [-0.25, -0.2) is 0 Å². The number of rotatable bonds is 7. The molecule has 3 heteroatoms. The molecule has 1 rings (SSSR count). The number of alkyl halides is 1. The highest BCUT2D eigenvalue weighted by molar-refractivity contribution is 6.21. The van der Waals surface area contributed by atoms with E-state index in [4.69, 9.17) is 11.6 Å². The van der Waals surface area contributed by atoms with E-state index in [0.717, 1.165) is 37.3 Å². The maximum atomic E-state index is 6.36. The number of pyridine rings is 1. The average Bonchev–Trinajstić information content (AvgIpc) is 2.30. The third-order valence-electron chi connectivity index (χ3n) is 3.15. The fourth-order valence-corrected chi connectivity index (χ4v) is 2.47. The molecule has 0 bridgehead atoms. The van der Waals surface area contributed by atoms with Crippen molar-refractivity contribution in [2.24, 2.45) is 5.92 Å². The first kappa shape index (κ1) is 14.5. The second-order valence-electron chi connectivity index (χ2n) is 4.49. The maximum absolute atomic E-state index is 6.36. The number of aryl methyl sites for hydroxylation is 1. The summed E-state index contributed by atoms with van der Waals surface area (Å²) in [5.41, 5.74) is 2.14. The molecule has 1 aromatic rings. The van der Waals surface area contributed by atoms with E-state index in [9.17, 15) is 0 Å². The molecular formula is C14H23ClN2. The van der Waals surface area contributed by atoms with E-state index in [1.54, 1.807) is 0 Å². The number of nitrogens with zero attached hydrogens (tertiary/aromatic N) is 1. The molecule has 1 atom stereocenters. The fraction of sp³-hybridized carbons (Fsp3) is 0.643. The van der Waals surface area contributed by atoms with E-state index in [1.807, 2.05) is 25.1 Å². The van der Waals surface area contributed by atoms with E-state index in [0.29, 0.717) is 5.92 Å². The van der Waals surface area contributed by atoms with Crippen LogP contribution >= 0.6 is 11.6 Å². The molecule has 1 aromatic heterocycles. The highest BCUT2D eigenvalue weighted by Crippen LogP contribution is 2.17. The predicted molar refractivity (Wildman–Crippen MR) is 74.4 cm³/mol. The molecule has 0 aromatic carbocycles. The molecule has 17 heavy (non-hydrogen) atoms. The molecule has 0 saturated carbocycles. The van der Waals surface area contributed by atoms with E-state index >= 15 is 0 Å². The largest absolute Gasteiger partial charge is 0.310 e. The lowest BCUT2D eigenvalue weighted by atomic mass is 9.99. The number of hydrogen-bond acceptors (Lipinski definition) is 2. The highest BCUT2D eigenvalue weighted by Gasteiger charge is 2.14. The van der Waals surface area contributed by atoms with E-state index < -0.39 is 0 Å². The maximum Gasteiger partial charge on any atom is 0.0544 e. The Morgan fingerprint density at radius 2 is 2.00 bits per heavy atom. The van der Waals surface area contributed by atoms with Gasteiger partial charge in [0.2, 0.25) is 0 Å². The molecule has 0 aliphatic carbocycles. The molecule has 1 unspecified atom stereocenters. The number of halogens is 1. The molecule has 0 saturated heterocycles. The van der Waals surface area contributed by atoms with Gasteiger partial charge in [-0.15, -0.1) is 11.6 Å². The minimum atomic E-state index is 0.217. The van der Waals surface area contributed by atoms with Crippen LogP contribution in [-0.2, 0) is 6.54 Å². The predicted octanol–water partition coefficient (Wildman–Crippen LogP) is 3.52. The minimum absolute atomic E-state index is 0.217. The van der Waals surface area contributed by atoms with Crippen molar-refractivity contribution in [2.75, 3.05) is 6.54 Å². The van der Waals surface area contributed by atoms with Gasteiger partial charge in [-0.1, -0.05) is 32.8 Å². The van der Waals surface area contributed by atoms with Crippen molar-refractivity contribution in [3.8, 4) is 0 Å². The Hall–Kier alpha value is -0.600. The lowest BCUT2D eigenvalue weighted by Crippen LogP contribution is -2.28. The van der Waals surface area contributed by atoms with Crippen molar-refractivity contribution in [3.05, 3.63) is 29.6 Å². The van der Waals surface area contributed by atoms with Crippen LogP contribution in [0.2, 0.25) is 0 Å². The fourth-order valence-electron chi connectivity index (χ4n) is 2.00. The van der Waals surface area contributed by atoms with Gasteiger partial charge in [-0.3, -0.25) is 4.98 Å². The Kier molecular flexibility index (Phi) is 6.53. The average molecular weight is 255 g/mol. The van der Waals surface area contributed by atoms with Crippen molar-refractivity contribution in [1.29, 1.82) is 0 Å². The van der Waals surface area contributed by atoms with Gasteiger partial charge in [0.1, 0.15) is 0 Å². The first-order valence-electron chi connectivity index (χ1n) is 6.44. The normalized spacial score (nSPS) is 13.0. The quantitative estimate of drug-likeness (QED) is 0.753. The van der Waals surface area contributed by atoms with Crippen LogP contribution in [0.15, 0.2) is 18.2 Å². The van der Waals surface area contributed by atoms with E-state index in [-0.39, 0.29) is 5.38 Å². The molecule has 0 spiro atoms. The number of nitrogens with one attached hydrogen (secondary N) is 1. The number of hydrogen-bond donors (Lipinski definition) is 1. The molecular weight excluding hydrogens is 232 g/mol. The summed E-state index contributed by atoms with van der Waals surface area (Å²) in [7, 11) is 0.